The smallest absolute Gasteiger partial charge is 0.254 e. The highest BCUT2D eigenvalue weighted by atomic mass is 16.2. The van der Waals surface area contributed by atoms with E-state index in [-0.39, 0.29) is 5.91 Å². The third kappa shape index (κ3) is 4.35. The molecule has 4 rings (SSSR count). The molecule has 2 fully saturated rings. The van der Waals surface area contributed by atoms with Crippen LogP contribution in [-0.4, -0.2) is 69.7 Å². The lowest BCUT2D eigenvalue weighted by Crippen LogP contribution is -2.48. The van der Waals surface area contributed by atoms with Crippen molar-refractivity contribution in [1.82, 2.24) is 24.6 Å². The van der Waals surface area contributed by atoms with Crippen LogP contribution in [0, 0.1) is 0 Å². The summed E-state index contributed by atoms with van der Waals surface area (Å²) >= 11 is 0. The average Bonchev–Trinajstić information content (AvgIpc) is 3.22. The van der Waals surface area contributed by atoms with Crippen LogP contribution in [-0.2, 0) is 13.1 Å². The number of aryl methyl sites for hydroxylation is 1. The van der Waals surface area contributed by atoms with E-state index in [1.807, 2.05) is 27.9 Å². The van der Waals surface area contributed by atoms with Gasteiger partial charge in [-0.3, -0.25) is 14.4 Å². The molecule has 7 heteroatoms. The van der Waals surface area contributed by atoms with Crippen LogP contribution < -0.4 is 4.90 Å². The first-order valence-electron chi connectivity index (χ1n) is 10.5. The molecule has 0 spiro atoms. The predicted molar refractivity (Wildman–Crippen MR) is 109 cm³/mol. The van der Waals surface area contributed by atoms with Gasteiger partial charge in [-0.2, -0.15) is 5.10 Å². The number of nitrogens with zero attached hydrogens (tertiary/aromatic N) is 6. The minimum Gasteiger partial charge on any atom is -0.357 e. The third-order valence-corrected chi connectivity index (χ3v) is 5.75. The Morgan fingerprint density at radius 3 is 2.57 bits per heavy atom. The molecule has 0 saturated carbocycles. The number of carbonyl (C=O) groups excluding carboxylic acids is 1. The normalized spacial score (nSPS) is 18.5. The first-order valence-corrected chi connectivity index (χ1v) is 10.5. The highest BCUT2D eigenvalue weighted by Crippen LogP contribution is 2.19. The van der Waals surface area contributed by atoms with Gasteiger partial charge in [-0.1, -0.05) is 0 Å². The Bertz CT molecular complexity index is 790. The van der Waals surface area contributed by atoms with E-state index in [4.69, 9.17) is 0 Å². The van der Waals surface area contributed by atoms with Crippen LogP contribution in [0.25, 0.3) is 0 Å². The Hall–Kier alpha value is -2.41. The van der Waals surface area contributed by atoms with Gasteiger partial charge in [0.2, 0.25) is 0 Å². The quantitative estimate of drug-likeness (QED) is 0.794. The molecule has 0 N–H and O–H groups in total. The Labute approximate surface area is 166 Å². The Kier molecular flexibility index (Phi) is 5.90. The zero-order chi connectivity index (χ0) is 19.3. The molecular weight excluding hydrogens is 352 g/mol. The number of hydrogen-bond acceptors (Lipinski definition) is 5. The first-order chi connectivity index (χ1) is 13.7. The zero-order valence-electron chi connectivity index (χ0n) is 16.8. The second-order valence-corrected chi connectivity index (χ2v) is 7.72. The molecule has 0 bridgehead atoms. The minimum atomic E-state index is 0.124. The number of anilines is 1. The standard InChI is InChI=1S/C21H30N6O/c1-2-27-17-18(15-23-27)16-24-10-12-26(13-11-24)21(28)19-6-7-22-20(14-19)25-8-4-3-5-9-25/h6-7,14-15,17H,2-5,8-13,16H2,1H3. The number of aromatic nitrogens is 3. The second-order valence-electron chi connectivity index (χ2n) is 7.72. The average molecular weight is 383 g/mol. The van der Waals surface area contributed by atoms with Crippen LogP contribution in [0.4, 0.5) is 5.82 Å². The van der Waals surface area contributed by atoms with Crippen molar-refractivity contribution in [2.75, 3.05) is 44.2 Å². The van der Waals surface area contributed by atoms with Crippen molar-refractivity contribution in [3.63, 3.8) is 0 Å². The number of hydrogen-bond donors (Lipinski definition) is 0. The highest BCUT2D eigenvalue weighted by molar-refractivity contribution is 5.95. The third-order valence-electron chi connectivity index (χ3n) is 5.75. The summed E-state index contributed by atoms with van der Waals surface area (Å²) in [5, 5.41) is 4.35. The van der Waals surface area contributed by atoms with Gasteiger partial charge in [0.05, 0.1) is 6.20 Å². The largest absolute Gasteiger partial charge is 0.357 e. The van der Waals surface area contributed by atoms with E-state index in [0.717, 1.165) is 63.7 Å². The molecular formula is C21H30N6O. The maximum absolute atomic E-state index is 13.0. The zero-order valence-corrected chi connectivity index (χ0v) is 16.8. The Balaban J connectivity index is 1.33. The van der Waals surface area contributed by atoms with Gasteiger partial charge in [0.1, 0.15) is 5.82 Å². The molecule has 2 aliphatic heterocycles. The SMILES string of the molecule is CCn1cc(CN2CCN(C(=O)c3ccnc(N4CCCCC4)c3)CC2)cn1. The number of rotatable bonds is 5. The van der Waals surface area contributed by atoms with Gasteiger partial charge < -0.3 is 9.80 Å². The van der Waals surface area contributed by atoms with Crippen molar-refractivity contribution in [2.24, 2.45) is 0 Å². The molecule has 0 aromatic carbocycles. The van der Waals surface area contributed by atoms with Crippen LogP contribution in [0.15, 0.2) is 30.7 Å². The molecule has 0 aliphatic carbocycles. The lowest BCUT2D eigenvalue weighted by Gasteiger charge is -2.34. The maximum Gasteiger partial charge on any atom is 0.254 e. The molecule has 28 heavy (non-hydrogen) atoms. The van der Waals surface area contributed by atoms with Crippen molar-refractivity contribution in [2.45, 2.75) is 39.3 Å². The molecule has 4 heterocycles. The molecule has 0 atom stereocenters. The van der Waals surface area contributed by atoms with Crippen LogP contribution in [0.5, 0.6) is 0 Å². The predicted octanol–water partition coefficient (Wildman–Crippen LogP) is 2.25. The summed E-state index contributed by atoms with van der Waals surface area (Å²) in [6, 6.07) is 3.82. The van der Waals surface area contributed by atoms with Crippen LogP contribution >= 0.6 is 0 Å². The number of amides is 1. The van der Waals surface area contributed by atoms with Crippen molar-refractivity contribution >= 4 is 11.7 Å². The topological polar surface area (TPSA) is 57.5 Å². The van der Waals surface area contributed by atoms with E-state index in [1.165, 1.54) is 24.8 Å². The summed E-state index contributed by atoms with van der Waals surface area (Å²) in [7, 11) is 0. The first kappa shape index (κ1) is 18.9. The number of carbonyl (C=O) groups is 1. The number of piperidine rings is 1. The summed E-state index contributed by atoms with van der Waals surface area (Å²) in [4.78, 5) is 24.2. The summed E-state index contributed by atoms with van der Waals surface area (Å²) in [5.41, 5.74) is 2.00. The van der Waals surface area contributed by atoms with Crippen LogP contribution in [0.3, 0.4) is 0 Å². The molecule has 2 aromatic rings. The Morgan fingerprint density at radius 1 is 1.07 bits per heavy atom. The van der Waals surface area contributed by atoms with Crippen molar-refractivity contribution < 1.29 is 4.79 Å². The summed E-state index contributed by atoms with van der Waals surface area (Å²) < 4.78 is 1.96. The molecule has 7 nitrogen and oxygen atoms in total. The van der Waals surface area contributed by atoms with E-state index < -0.39 is 0 Å². The van der Waals surface area contributed by atoms with E-state index in [0.29, 0.717) is 0 Å². The van der Waals surface area contributed by atoms with Gasteiger partial charge in [-0.25, -0.2) is 4.98 Å². The van der Waals surface area contributed by atoms with Gasteiger partial charge >= 0.3 is 0 Å². The molecule has 2 saturated heterocycles. The number of pyridine rings is 1. The lowest BCUT2D eigenvalue weighted by atomic mass is 10.1. The molecule has 2 aliphatic rings. The van der Waals surface area contributed by atoms with Gasteiger partial charge in [0, 0.05) is 75.9 Å². The second kappa shape index (κ2) is 8.73. The van der Waals surface area contributed by atoms with E-state index in [9.17, 15) is 4.79 Å². The number of piperazine rings is 1. The van der Waals surface area contributed by atoms with E-state index in [1.54, 1.807) is 6.20 Å². The molecule has 150 valence electrons. The molecule has 1 amide bonds. The van der Waals surface area contributed by atoms with Gasteiger partial charge in [0.25, 0.3) is 5.91 Å². The van der Waals surface area contributed by atoms with Crippen LogP contribution in [0.2, 0.25) is 0 Å². The molecule has 0 radical (unpaired) electrons. The summed E-state index contributed by atoms with van der Waals surface area (Å²) in [6.45, 7) is 9.29. The lowest BCUT2D eigenvalue weighted by molar-refractivity contribution is 0.0628. The fourth-order valence-corrected chi connectivity index (χ4v) is 4.06. The van der Waals surface area contributed by atoms with Crippen molar-refractivity contribution in [3.8, 4) is 0 Å². The Morgan fingerprint density at radius 2 is 1.86 bits per heavy atom. The molecule has 2 aromatic heterocycles. The fraction of sp³-hybridized carbons (Fsp3) is 0.571. The van der Waals surface area contributed by atoms with Gasteiger partial charge in [-0.15, -0.1) is 0 Å². The summed E-state index contributed by atoms with van der Waals surface area (Å²) in [6.07, 6.45) is 9.53. The van der Waals surface area contributed by atoms with E-state index in [2.05, 4.69) is 33.0 Å². The van der Waals surface area contributed by atoms with E-state index >= 15 is 0 Å². The van der Waals surface area contributed by atoms with Gasteiger partial charge in [-0.05, 0) is 38.3 Å². The van der Waals surface area contributed by atoms with Crippen molar-refractivity contribution in [1.29, 1.82) is 0 Å². The monoisotopic (exact) mass is 382 g/mol. The fourth-order valence-electron chi connectivity index (χ4n) is 4.06. The van der Waals surface area contributed by atoms with Crippen molar-refractivity contribution in [3.05, 3.63) is 41.9 Å². The van der Waals surface area contributed by atoms with Gasteiger partial charge in [0.15, 0.2) is 0 Å². The van der Waals surface area contributed by atoms with Crippen LogP contribution in [0.1, 0.15) is 42.1 Å². The maximum atomic E-state index is 13.0. The molecule has 0 unspecified atom stereocenters. The highest BCUT2D eigenvalue weighted by Gasteiger charge is 2.23. The summed E-state index contributed by atoms with van der Waals surface area (Å²) in [5.74, 6) is 1.07. The minimum absolute atomic E-state index is 0.124.